The Balaban J connectivity index is 0.00000242. The zero-order chi connectivity index (χ0) is 14.9. The average Bonchev–Trinajstić information content (AvgIpc) is 2.54. The minimum atomic E-state index is 0. The number of hydrogen-bond acceptors (Lipinski definition) is 3. The molecule has 1 unspecified atom stereocenters. The van der Waals surface area contributed by atoms with Gasteiger partial charge in [-0.1, -0.05) is 30.3 Å². The first-order valence-electron chi connectivity index (χ1n) is 7.65. The second-order valence-electron chi connectivity index (χ2n) is 5.39. The number of guanidine groups is 1. The molecular formula is C16H27IN4O. The van der Waals surface area contributed by atoms with Gasteiger partial charge >= 0.3 is 0 Å². The summed E-state index contributed by atoms with van der Waals surface area (Å²) in [5.41, 5.74) is 7.22. The number of nitrogens with two attached hydrogens (primary N) is 1. The number of benzene rings is 1. The molecule has 1 fully saturated rings. The van der Waals surface area contributed by atoms with Gasteiger partial charge in [0.2, 0.25) is 0 Å². The predicted octanol–water partition coefficient (Wildman–Crippen LogP) is 1.47. The first-order valence-corrected chi connectivity index (χ1v) is 7.65. The van der Waals surface area contributed by atoms with E-state index in [0.29, 0.717) is 12.0 Å². The maximum Gasteiger partial charge on any atom is 0.188 e. The van der Waals surface area contributed by atoms with Crippen molar-refractivity contribution in [1.29, 1.82) is 0 Å². The summed E-state index contributed by atoms with van der Waals surface area (Å²) in [6.07, 6.45) is 0.954. The van der Waals surface area contributed by atoms with Crippen LogP contribution < -0.4 is 11.1 Å². The van der Waals surface area contributed by atoms with Crippen molar-refractivity contribution in [3.63, 3.8) is 0 Å². The number of hydrogen-bond donors (Lipinski definition) is 2. The Morgan fingerprint density at radius 2 is 2.00 bits per heavy atom. The molecule has 6 heteroatoms. The number of nitrogens with zero attached hydrogens (tertiary/aromatic N) is 2. The second-order valence-corrected chi connectivity index (χ2v) is 5.39. The molecule has 0 bridgehead atoms. The molecule has 1 heterocycles. The topological polar surface area (TPSA) is 62.9 Å². The SMILES string of the molecule is CC(CN=C(N)NCCc1ccccc1)N1CCOCC1.I. The first kappa shape index (κ1) is 19.2. The van der Waals surface area contributed by atoms with Crippen LogP contribution in [0.3, 0.4) is 0 Å². The Kier molecular flexibility index (Phi) is 9.42. The van der Waals surface area contributed by atoms with Gasteiger partial charge in [0.15, 0.2) is 5.96 Å². The molecule has 1 saturated heterocycles. The van der Waals surface area contributed by atoms with Crippen LogP contribution in [-0.4, -0.2) is 56.3 Å². The highest BCUT2D eigenvalue weighted by atomic mass is 127. The van der Waals surface area contributed by atoms with Crippen LogP contribution in [0.25, 0.3) is 0 Å². The van der Waals surface area contributed by atoms with E-state index >= 15 is 0 Å². The first-order chi connectivity index (χ1) is 10.3. The molecule has 0 aromatic heterocycles. The fourth-order valence-electron chi connectivity index (χ4n) is 2.40. The summed E-state index contributed by atoms with van der Waals surface area (Å²) < 4.78 is 5.36. The molecule has 124 valence electrons. The predicted molar refractivity (Wildman–Crippen MR) is 102 cm³/mol. The van der Waals surface area contributed by atoms with Crippen molar-refractivity contribution in [2.75, 3.05) is 39.4 Å². The van der Waals surface area contributed by atoms with Gasteiger partial charge in [-0.2, -0.15) is 0 Å². The molecule has 0 spiro atoms. The summed E-state index contributed by atoms with van der Waals surface area (Å²) >= 11 is 0. The van der Waals surface area contributed by atoms with Crippen LogP contribution in [0, 0.1) is 0 Å². The fourth-order valence-corrected chi connectivity index (χ4v) is 2.40. The van der Waals surface area contributed by atoms with Crippen molar-refractivity contribution in [3.8, 4) is 0 Å². The van der Waals surface area contributed by atoms with Crippen LogP contribution in [0.4, 0.5) is 0 Å². The minimum Gasteiger partial charge on any atom is -0.379 e. The number of rotatable bonds is 6. The van der Waals surface area contributed by atoms with Crippen LogP contribution in [-0.2, 0) is 11.2 Å². The molecule has 3 N–H and O–H groups in total. The summed E-state index contributed by atoms with van der Waals surface area (Å²) in [5.74, 6) is 0.533. The van der Waals surface area contributed by atoms with Crippen molar-refractivity contribution in [3.05, 3.63) is 35.9 Å². The number of aliphatic imine (C=N–C) groups is 1. The van der Waals surface area contributed by atoms with Gasteiger partial charge in [-0.15, -0.1) is 24.0 Å². The monoisotopic (exact) mass is 418 g/mol. The highest BCUT2D eigenvalue weighted by Crippen LogP contribution is 2.03. The average molecular weight is 418 g/mol. The molecule has 1 aromatic rings. The summed E-state index contributed by atoms with van der Waals surface area (Å²) in [5, 5.41) is 3.17. The van der Waals surface area contributed by atoms with Crippen molar-refractivity contribution in [1.82, 2.24) is 10.2 Å². The lowest BCUT2D eigenvalue weighted by atomic mass is 10.1. The Morgan fingerprint density at radius 3 is 2.68 bits per heavy atom. The maximum atomic E-state index is 5.91. The lowest BCUT2D eigenvalue weighted by Crippen LogP contribution is -2.44. The van der Waals surface area contributed by atoms with Gasteiger partial charge in [0, 0.05) is 25.7 Å². The molecule has 1 aliphatic rings. The van der Waals surface area contributed by atoms with Crippen molar-refractivity contribution in [2.24, 2.45) is 10.7 Å². The second kappa shape index (κ2) is 10.8. The zero-order valence-electron chi connectivity index (χ0n) is 13.2. The summed E-state index contributed by atoms with van der Waals surface area (Å²) in [4.78, 5) is 6.82. The summed E-state index contributed by atoms with van der Waals surface area (Å²) in [7, 11) is 0. The third-order valence-corrected chi connectivity index (χ3v) is 3.76. The van der Waals surface area contributed by atoms with E-state index in [0.717, 1.165) is 45.8 Å². The third-order valence-electron chi connectivity index (χ3n) is 3.76. The minimum absolute atomic E-state index is 0. The molecule has 1 aromatic carbocycles. The maximum absolute atomic E-state index is 5.91. The van der Waals surface area contributed by atoms with E-state index < -0.39 is 0 Å². The molecule has 2 rings (SSSR count). The van der Waals surface area contributed by atoms with E-state index in [2.05, 4.69) is 46.4 Å². The largest absolute Gasteiger partial charge is 0.379 e. The van der Waals surface area contributed by atoms with Gasteiger partial charge in [0.05, 0.1) is 19.8 Å². The standard InChI is InChI=1S/C16H26N4O.HI/c1-14(20-9-11-21-12-10-20)13-19-16(17)18-8-7-15-5-3-2-4-6-15;/h2-6,14H,7-13H2,1H3,(H3,17,18,19);1H. The fraction of sp³-hybridized carbons (Fsp3) is 0.562. The van der Waals surface area contributed by atoms with E-state index in [4.69, 9.17) is 10.5 Å². The molecule has 0 aliphatic carbocycles. The molecule has 0 saturated carbocycles. The van der Waals surface area contributed by atoms with Gasteiger partial charge in [0.25, 0.3) is 0 Å². The van der Waals surface area contributed by atoms with Crippen molar-refractivity contribution < 1.29 is 4.74 Å². The number of ether oxygens (including phenoxy) is 1. The summed E-state index contributed by atoms with van der Waals surface area (Å²) in [6, 6.07) is 10.8. The van der Waals surface area contributed by atoms with Gasteiger partial charge in [-0.25, -0.2) is 0 Å². The van der Waals surface area contributed by atoms with Crippen LogP contribution in [0.15, 0.2) is 35.3 Å². The van der Waals surface area contributed by atoms with Crippen LogP contribution >= 0.6 is 24.0 Å². The smallest absolute Gasteiger partial charge is 0.188 e. The Hall–Kier alpha value is -0.860. The highest BCUT2D eigenvalue weighted by molar-refractivity contribution is 14.0. The van der Waals surface area contributed by atoms with Crippen LogP contribution in [0.2, 0.25) is 0 Å². The lowest BCUT2D eigenvalue weighted by molar-refractivity contribution is 0.0220. The van der Waals surface area contributed by atoms with E-state index in [1.54, 1.807) is 0 Å². The van der Waals surface area contributed by atoms with E-state index in [-0.39, 0.29) is 24.0 Å². The van der Waals surface area contributed by atoms with Gasteiger partial charge in [0.1, 0.15) is 0 Å². The molecule has 0 radical (unpaired) electrons. The van der Waals surface area contributed by atoms with E-state index in [1.807, 2.05) is 6.07 Å². The van der Waals surface area contributed by atoms with Gasteiger partial charge < -0.3 is 15.8 Å². The van der Waals surface area contributed by atoms with Crippen molar-refractivity contribution >= 4 is 29.9 Å². The lowest BCUT2D eigenvalue weighted by Gasteiger charge is -2.31. The third kappa shape index (κ3) is 6.93. The van der Waals surface area contributed by atoms with Crippen LogP contribution in [0.1, 0.15) is 12.5 Å². The summed E-state index contributed by atoms with van der Waals surface area (Å²) in [6.45, 7) is 7.33. The van der Waals surface area contributed by atoms with E-state index in [9.17, 15) is 0 Å². The quantitative estimate of drug-likeness (QED) is 0.418. The normalized spacial score (nSPS) is 17.6. The Bertz CT molecular complexity index is 435. The highest BCUT2D eigenvalue weighted by Gasteiger charge is 2.16. The van der Waals surface area contributed by atoms with Crippen molar-refractivity contribution in [2.45, 2.75) is 19.4 Å². The van der Waals surface area contributed by atoms with E-state index in [1.165, 1.54) is 5.56 Å². The number of morpholine rings is 1. The van der Waals surface area contributed by atoms with Crippen LogP contribution in [0.5, 0.6) is 0 Å². The van der Waals surface area contributed by atoms with Gasteiger partial charge in [-0.3, -0.25) is 9.89 Å². The molecule has 22 heavy (non-hydrogen) atoms. The molecule has 5 nitrogen and oxygen atoms in total. The molecule has 1 atom stereocenters. The number of nitrogens with one attached hydrogen (secondary N) is 1. The Morgan fingerprint density at radius 1 is 1.32 bits per heavy atom. The molecule has 1 aliphatic heterocycles. The molecule has 0 amide bonds. The zero-order valence-corrected chi connectivity index (χ0v) is 15.5. The Labute approximate surface area is 150 Å². The van der Waals surface area contributed by atoms with Gasteiger partial charge in [-0.05, 0) is 18.9 Å². The molecular weight excluding hydrogens is 391 g/mol. The number of halogens is 1.